The Labute approximate surface area is 75.3 Å². The Morgan fingerprint density at radius 1 is 1.42 bits per heavy atom. The Balaban J connectivity index is 1.98. The van der Waals surface area contributed by atoms with E-state index in [9.17, 15) is 0 Å². The van der Waals surface area contributed by atoms with Crippen LogP contribution in [0, 0.1) is 0 Å². The molecule has 64 valence electrons. The predicted molar refractivity (Wildman–Crippen MR) is 47.3 cm³/mol. The van der Waals surface area contributed by atoms with Crippen molar-refractivity contribution in [2.24, 2.45) is 0 Å². The standard InChI is InChI=1S/C7H9ClN4/c8-6-1-2-7(12-11-6)10-5-3-9-4-5/h1-2,5,9H,3-4H2,(H,10,12). The van der Waals surface area contributed by atoms with E-state index in [4.69, 9.17) is 11.6 Å². The molecule has 0 spiro atoms. The van der Waals surface area contributed by atoms with Crippen molar-refractivity contribution < 1.29 is 0 Å². The number of rotatable bonds is 2. The molecule has 0 bridgehead atoms. The van der Waals surface area contributed by atoms with Crippen LogP contribution in [0.5, 0.6) is 0 Å². The highest BCUT2D eigenvalue weighted by Gasteiger charge is 2.16. The van der Waals surface area contributed by atoms with Crippen molar-refractivity contribution in [2.45, 2.75) is 6.04 Å². The van der Waals surface area contributed by atoms with Gasteiger partial charge in [0, 0.05) is 13.1 Å². The van der Waals surface area contributed by atoms with E-state index < -0.39 is 0 Å². The number of nitrogens with zero attached hydrogens (tertiary/aromatic N) is 2. The number of hydrogen-bond acceptors (Lipinski definition) is 4. The zero-order chi connectivity index (χ0) is 8.39. The molecule has 12 heavy (non-hydrogen) atoms. The lowest BCUT2D eigenvalue weighted by atomic mass is 10.2. The number of anilines is 1. The SMILES string of the molecule is Clc1ccc(NC2CNC2)nn1. The highest BCUT2D eigenvalue weighted by molar-refractivity contribution is 6.29. The van der Waals surface area contributed by atoms with E-state index in [1.165, 1.54) is 0 Å². The van der Waals surface area contributed by atoms with E-state index in [0.29, 0.717) is 11.2 Å². The summed E-state index contributed by atoms with van der Waals surface area (Å²) >= 11 is 5.58. The second kappa shape index (κ2) is 3.25. The van der Waals surface area contributed by atoms with Gasteiger partial charge in [0.15, 0.2) is 5.15 Å². The molecule has 0 aliphatic carbocycles. The van der Waals surface area contributed by atoms with E-state index in [2.05, 4.69) is 20.8 Å². The van der Waals surface area contributed by atoms with E-state index in [1.54, 1.807) is 6.07 Å². The first-order valence-electron chi connectivity index (χ1n) is 3.81. The Bertz CT molecular complexity index is 257. The van der Waals surface area contributed by atoms with Crippen LogP contribution in [0.15, 0.2) is 12.1 Å². The summed E-state index contributed by atoms with van der Waals surface area (Å²) in [4.78, 5) is 0. The maximum absolute atomic E-state index is 5.58. The van der Waals surface area contributed by atoms with Gasteiger partial charge in [0.05, 0.1) is 6.04 Å². The van der Waals surface area contributed by atoms with Gasteiger partial charge < -0.3 is 10.6 Å². The molecule has 0 unspecified atom stereocenters. The number of nitrogens with one attached hydrogen (secondary N) is 2. The summed E-state index contributed by atoms with van der Waals surface area (Å²) in [5.41, 5.74) is 0. The van der Waals surface area contributed by atoms with Crippen LogP contribution >= 0.6 is 11.6 Å². The van der Waals surface area contributed by atoms with Gasteiger partial charge in [0.2, 0.25) is 0 Å². The fraction of sp³-hybridized carbons (Fsp3) is 0.429. The highest BCUT2D eigenvalue weighted by atomic mass is 35.5. The highest BCUT2D eigenvalue weighted by Crippen LogP contribution is 2.08. The Morgan fingerprint density at radius 2 is 2.25 bits per heavy atom. The molecule has 2 heterocycles. The minimum absolute atomic E-state index is 0.423. The van der Waals surface area contributed by atoms with Crippen LogP contribution in [0.25, 0.3) is 0 Å². The molecule has 4 nitrogen and oxygen atoms in total. The van der Waals surface area contributed by atoms with Crippen LogP contribution in [0.1, 0.15) is 0 Å². The molecule has 0 atom stereocenters. The fourth-order valence-electron chi connectivity index (χ4n) is 0.993. The molecule has 5 heteroatoms. The Morgan fingerprint density at radius 3 is 2.75 bits per heavy atom. The summed E-state index contributed by atoms with van der Waals surface area (Å²) < 4.78 is 0. The van der Waals surface area contributed by atoms with E-state index >= 15 is 0 Å². The molecule has 0 aromatic carbocycles. The second-order valence-electron chi connectivity index (χ2n) is 2.74. The predicted octanol–water partition coefficient (Wildman–Crippen LogP) is 0.514. The molecule has 2 rings (SSSR count). The Hall–Kier alpha value is -0.870. The number of halogens is 1. The minimum atomic E-state index is 0.423. The molecule has 1 saturated heterocycles. The van der Waals surface area contributed by atoms with Gasteiger partial charge in [0.25, 0.3) is 0 Å². The van der Waals surface area contributed by atoms with Crippen LogP contribution in [0.2, 0.25) is 5.15 Å². The maximum Gasteiger partial charge on any atom is 0.151 e. The van der Waals surface area contributed by atoms with Crippen molar-refractivity contribution in [2.75, 3.05) is 18.4 Å². The lowest BCUT2D eigenvalue weighted by molar-refractivity contribution is 0.470. The van der Waals surface area contributed by atoms with E-state index in [1.807, 2.05) is 6.07 Å². The first kappa shape index (κ1) is 7.76. The van der Waals surface area contributed by atoms with Gasteiger partial charge in [0.1, 0.15) is 5.82 Å². The third kappa shape index (κ3) is 1.65. The normalized spacial score (nSPS) is 17.1. The molecule has 1 aromatic heterocycles. The van der Waals surface area contributed by atoms with Gasteiger partial charge in [-0.3, -0.25) is 0 Å². The molecular formula is C7H9ClN4. The van der Waals surface area contributed by atoms with E-state index in [0.717, 1.165) is 18.9 Å². The van der Waals surface area contributed by atoms with Crippen molar-refractivity contribution in [1.82, 2.24) is 15.5 Å². The summed E-state index contributed by atoms with van der Waals surface area (Å²) in [6.07, 6.45) is 0. The van der Waals surface area contributed by atoms with Crippen molar-refractivity contribution in [1.29, 1.82) is 0 Å². The third-order valence-corrected chi connectivity index (χ3v) is 1.97. The third-order valence-electron chi connectivity index (χ3n) is 1.77. The average Bonchev–Trinajstić information content (AvgIpc) is 2.00. The molecule has 1 aliphatic rings. The summed E-state index contributed by atoms with van der Waals surface area (Å²) in [5, 5.41) is 14.4. The molecule has 0 saturated carbocycles. The van der Waals surface area contributed by atoms with Crippen LogP contribution < -0.4 is 10.6 Å². The monoisotopic (exact) mass is 184 g/mol. The molecule has 1 fully saturated rings. The summed E-state index contributed by atoms with van der Waals surface area (Å²) in [7, 11) is 0. The van der Waals surface area contributed by atoms with Crippen molar-refractivity contribution in [3.05, 3.63) is 17.3 Å². The van der Waals surface area contributed by atoms with E-state index in [-0.39, 0.29) is 0 Å². The lowest BCUT2D eigenvalue weighted by Crippen LogP contribution is -2.51. The fourth-order valence-corrected chi connectivity index (χ4v) is 1.09. The minimum Gasteiger partial charge on any atom is -0.363 e. The van der Waals surface area contributed by atoms with Crippen LogP contribution in [-0.4, -0.2) is 29.3 Å². The first-order chi connectivity index (χ1) is 5.84. The molecule has 1 aromatic rings. The number of aromatic nitrogens is 2. The van der Waals surface area contributed by atoms with Gasteiger partial charge in [-0.05, 0) is 12.1 Å². The molecule has 2 N–H and O–H groups in total. The van der Waals surface area contributed by atoms with Crippen LogP contribution in [0.3, 0.4) is 0 Å². The van der Waals surface area contributed by atoms with Crippen molar-refractivity contribution >= 4 is 17.4 Å². The van der Waals surface area contributed by atoms with Crippen molar-refractivity contribution in [3.63, 3.8) is 0 Å². The molecule has 0 radical (unpaired) electrons. The molecular weight excluding hydrogens is 176 g/mol. The summed E-state index contributed by atoms with van der Waals surface area (Å²) in [6.45, 7) is 1.98. The van der Waals surface area contributed by atoms with Gasteiger partial charge in [-0.25, -0.2) is 0 Å². The average molecular weight is 185 g/mol. The number of hydrogen-bond donors (Lipinski definition) is 2. The van der Waals surface area contributed by atoms with Gasteiger partial charge in [-0.1, -0.05) is 11.6 Å². The van der Waals surface area contributed by atoms with Gasteiger partial charge in [-0.15, -0.1) is 10.2 Å². The van der Waals surface area contributed by atoms with Crippen molar-refractivity contribution in [3.8, 4) is 0 Å². The largest absolute Gasteiger partial charge is 0.363 e. The smallest absolute Gasteiger partial charge is 0.151 e. The topological polar surface area (TPSA) is 49.8 Å². The van der Waals surface area contributed by atoms with Gasteiger partial charge in [-0.2, -0.15) is 0 Å². The van der Waals surface area contributed by atoms with Crippen LogP contribution in [0.4, 0.5) is 5.82 Å². The van der Waals surface area contributed by atoms with Crippen LogP contribution in [-0.2, 0) is 0 Å². The quantitative estimate of drug-likeness (QED) is 0.704. The first-order valence-corrected chi connectivity index (χ1v) is 4.19. The summed E-state index contributed by atoms with van der Waals surface area (Å²) in [6, 6.07) is 4.04. The molecule has 1 aliphatic heterocycles. The summed E-state index contributed by atoms with van der Waals surface area (Å²) in [5.74, 6) is 0.783. The second-order valence-corrected chi connectivity index (χ2v) is 3.13. The zero-order valence-corrected chi connectivity index (χ0v) is 7.17. The maximum atomic E-state index is 5.58. The zero-order valence-electron chi connectivity index (χ0n) is 6.42. The Kier molecular flexibility index (Phi) is 2.10. The lowest BCUT2D eigenvalue weighted by Gasteiger charge is -2.28. The van der Waals surface area contributed by atoms with Gasteiger partial charge >= 0.3 is 0 Å². The molecule has 0 amide bonds.